The maximum Gasteiger partial charge on any atom is 0.0197 e. The minimum absolute atomic E-state index is 0.400. The van der Waals surface area contributed by atoms with Crippen molar-refractivity contribution in [1.82, 2.24) is 10.6 Å². The van der Waals surface area contributed by atoms with E-state index in [4.69, 9.17) is 5.73 Å². The van der Waals surface area contributed by atoms with Crippen LogP contribution in [-0.2, 0) is 0 Å². The first kappa shape index (κ1) is 9.44. The van der Waals surface area contributed by atoms with Crippen molar-refractivity contribution >= 4 is 0 Å². The van der Waals surface area contributed by atoms with Crippen molar-refractivity contribution in [3.05, 3.63) is 0 Å². The molecule has 0 aromatic rings. The van der Waals surface area contributed by atoms with Gasteiger partial charge in [0.1, 0.15) is 0 Å². The lowest BCUT2D eigenvalue weighted by atomic mass is 9.77. The Balaban J connectivity index is 1.88. The summed E-state index contributed by atoms with van der Waals surface area (Å²) in [5, 5.41) is 6.78. The molecule has 2 aliphatic rings. The molecule has 2 atom stereocenters. The molecule has 2 aliphatic heterocycles. The zero-order valence-corrected chi connectivity index (χ0v) is 8.26. The second-order valence-corrected chi connectivity index (χ2v) is 4.41. The Labute approximate surface area is 80.5 Å². The number of piperidine rings is 2. The van der Waals surface area contributed by atoms with Crippen molar-refractivity contribution in [2.45, 2.75) is 25.3 Å². The van der Waals surface area contributed by atoms with Crippen molar-refractivity contribution < 1.29 is 0 Å². The summed E-state index contributed by atoms with van der Waals surface area (Å²) >= 11 is 0. The lowest BCUT2D eigenvalue weighted by molar-refractivity contribution is 0.187. The van der Waals surface area contributed by atoms with Crippen LogP contribution < -0.4 is 16.4 Å². The molecule has 0 saturated carbocycles. The maximum atomic E-state index is 6.13. The third kappa shape index (κ3) is 2.22. The standard InChI is InChI=1S/C10H21N3/c11-10-7-13-6-3-9(10)8-1-4-12-5-2-8/h8-10,12-13H,1-7,11H2. The van der Waals surface area contributed by atoms with E-state index in [1.165, 1.54) is 38.9 Å². The van der Waals surface area contributed by atoms with Crippen LogP contribution >= 0.6 is 0 Å². The molecule has 3 nitrogen and oxygen atoms in total. The Morgan fingerprint density at radius 2 is 1.62 bits per heavy atom. The van der Waals surface area contributed by atoms with E-state index in [0.29, 0.717) is 6.04 Å². The first-order valence-electron chi connectivity index (χ1n) is 5.55. The predicted octanol–water partition coefficient (Wildman–Crippen LogP) is -0.0772. The van der Waals surface area contributed by atoms with Gasteiger partial charge in [0.25, 0.3) is 0 Å². The van der Waals surface area contributed by atoms with E-state index in [0.717, 1.165) is 18.4 Å². The largest absolute Gasteiger partial charge is 0.326 e. The fourth-order valence-electron chi connectivity index (χ4n) is 2.76. The van der Waals surface area contributed by atoms with Gasteiger partial charge in [-0.1, -0.05) is 0 Å². The van der Waals surface area contributed by atoms with Crippen LogP contribution in [0.25, 0.3) is 0 Å². The third-order valence-corrected chi connectivity index (χ3v) is 3.57. The molecule has 0 aromatic carbocycles. The molecule has 0 amide bonds. The van der Waals surface area contributed by atoms with Crippen LogP contribution in [0.15, 0.2) is 0 Å². The average Bonchev–Trinajstić information content (AvgIpc) is 2.20. The summed E-state index contributed by atoms with van der Waals surface area (Å²) in [4.78, 5) is 0. The number of nitrogens with one attached hydrogen (secondary N) is 2. The molecule has 2 heterocycles. The molecule has 0 spiro atoms. The summed E-state index contributed by atoms with van der Waals surface area (Å²) in [5.74, 6) is 1.67. The number of rotatable bonds is 1. The van der Waals surface area contributed by atoms with E-state index in [-0.39, 0.29) is 0 Å². The minimum Gasteiger partial charge on any atom is -0.326 e. The molecule has 3 heteroatoms. The van der Waals surface area contributed by atoms with Gasteiger partial charge in [-0.25, -0.2) is 0 Å². The molecule has 0 bridgehead atoms. The molecule has 2 saturated heterocycles. The molecule has 4 N–H and O–H groups in total. The van der Waals surface area contributed by atoms with Gasteiger partial charge in [0.2, 0.25) is 0 Å². The van der Waals surface area contributed by atoms with E-state index in [2.05, 4.69) is 10.6 Å². The van der Waals surface area contributed by atoms with Gasteiger partial charge in [-0.2, -0.15) is 0 Å². The van der Waals surface area contributed by atoms with E-state index in [1.807, 2.05) is 0 Å². The van der Waals surface area contributed by atoms with Crippen LogP contribution in [-0.4, -0.2) is 32.2 Å². The SMILES string of the molecule is NC1CNCCC1C1CCNCC1. The Morgan fingerprint density at radius 3 is 2.31 bits per heavy atom. The summed E-state index contributed by atoms with van der Waals surface area (Å²) in [6.45, 7) is 4.58. The highest BCUT2D eigenvalue weighted by Crippen LogP contribution is 2.27. The molecular weight excluding hydrogens is 162 g/mol. The van der Waals surface area contributed by atoms with Gasteiger partial charge < -0.3 is 16.4 Å². The highest BCUT2D eigenvalue weighted by Gasteiger charge is 2.29. The molecule has 2 unspecified atom stereocenters. The van der Waals surface area contributed by atoms with Gasteiger partial charge in [0, 0.05) is 12.6 Å². The Bertz CT molecular complexity index is 154. The van der Waals surface area contributed by atoms with Crippen LogP contribution in [0.3, 0.4) is 0 Å². The Kier molecular flexibility index (Phi) is 3.19. The second-order valence-electron chi connectivity index (χ2n) is 4.41. The van der Waals surface area contributed by atoms with Crippen molar-refractivity contribution in [3.8, 4) is 0 Å². The first-order chi connectivity index (χ1) is 6.38. The number of hydrogen-bond acceptors (Lipinski definition) is 3. The summed E-state index contributed by atoms with van der Waals surface area (Å²) in [6.07, 6.45) is 3.95. The molecule has 76 valence electrons. The van der Waals surface area contributed by atoms with E-state index < -0.39 is 0 Å². The summed E-state index contributed by atoms with van der Waals surface area (Å²) in [5.41, 5.74) is 6.13. The van der Waals surface area contributed by atoms with Gasteiger partial charge in [0.05, 0.1) is 0 Å². The van der Waals surface area contributed by atoms with Crippen molar-refractivity contribution in [2.24, 2.45) is 17.6 Å². The molecule has 0 aromatic heterocycles. The maximum absolute atomic E-state index is 6.13. The fourth-order valence-corrected chi connectivity index (χ4v) is 2.76. The highest BCUT2D eigenvalue weighted by molar-refractivity contribution is 4.87. The zero-order valence-electron chi connectivity index (χ0n) is 8.26. The van der Waals surface area contributed by atoms with Crippen LogP contribution in [0, 0.1) is 11.8 Å². The van der Waals surface area contributed by atoms with Crippen molar-refractivity contribution in [2.75, 3.05) is 26.2 Å². The molecule has 2 rings (SSSR count). The van der Waals surface area contributed by atoms with Crippen LogP contribution in [0.4, 0.5) is 0 Å². The predicted molar refractivity (Wildman–Crippen MR) is 54.5 cm³/mol. The third-order valence-electron chi connectivity index (χ3n) is 3.57. The zero-order chi connectivity index (χ0) is 9.10. The molecular formula is C10H21N3. The summed E-state index contributed by atoms with van der Waals surface area (Å²) < 4.78 is 0. The van der Waals surface area contributed by atoms with E-state index in [9.17, 15) is 0 Å². The fraction of sp³-hybridized carbons (Fsp3) is 1.00. The van der Waals surface area contributed by atoms with Crippen LogP contribution in [0.1, 0.15) is 19.3 Å². The molecule has 0 radical (unpaired) electrons. The van der Waals surface area contributed by atoms with E-state index in [1.54, 1.807) is 0 Å². The first-order valence-corrected chi connectivity index (χ1v) is 5.55. The monoisotopic (exact) mass is 183 g/mol. The normalized spacial score (nSPS) is 37.6. The molecule has 13 heavy (non-hydrogen) atoms. The molecule has 0 aliphatic carbocycles. The van der Waals surface area contributed by atoms with E-state index >= 15 is 0 Å². The van der Waals surface area contributed by atoms with Crippen LogP contribution in [0.2, 0.25) is 0 Å². The van der Waals surface area contributed by atoms with Crippen LogP contribution in [0.5, 0.6) is 0 Å². The summed E-state index contributed by atoms with van der Waals surface area (Å²) in [7, 11) is 0. The lowest BCUT2D eigenvalue weighted by Crippen LogP contribution is -2.50. The van der Waals surface area contributed by atoms with Gasteiger partial charge in [-0.3, -0.25) is 0 Å². The summed E-state index contributed by atoms with van der Waals surface area (Å²) in [6, 6.07) is 0.400. The lowest BCUT2D eigenvalue weighted by Gasteiger charge is -2.37. The smallest absolute Gasteiger partial charge is 0.0197 e. The van der Waals surface area contributed by atoms with Gasteiger partial charge >= 0.3 is 0 Å². The second kappa shape index (κ2) is 4.40. The molecule has 2 fully saturated rings. The number of nitrogens with two attached hydrogens (primary N) is 1. The quantitative estimate of drug-likeness (QED) is 0.533. The van der Waals surface area contributed by atoms with Gasteiger partial charge in [0.15, 0.2) is 0 Å². The topological polar surface area (TPSA) is 50.1 Å². The van der Waals surface area contributed by atoms with Gasteiger partial charge in [-0.05, 0) is 50.7 Å². The number of hydrogen-bond donors (Lipinski definition) is 3. The van der Waals surface area contributed by atoms with Crippen molar-refractivity contribution in [3.63, 3.8) is 0 Å². The Hall–Kier alpha value is -0.120. The minimum atomic E-state index is 0.400. The average molecular weight is 183 g/mol. The van der Waals surface area contributed by atoms with Crippen molar-refractivity contribution in [1.29, 1.82) is 0 Å². The Morgan fingerprint density at radius 1 is 0.923 bits per heavy atom. The van der Waals surface area contributed by atoms with Gasteiger partial charge in [-0.15, -0.1) is 0 Å². The highest BCUT2D eigenvalue weighted by atomic mass is 14.9.